The summed E-state index contributed by atoms with van der Waals surface area (Å²) in [5.74, 6) is 7.87. The Morgan fingerprint density at radius 3 is 2.93 bits per heavy atom. The van der Waals surface area contributed by atoms with Crippen LogP contribution in [0.4, 0.5) is 5.69 Å². The van der Waals surface area contributed by atoms with Gasteiger partial charge in [0.1, 0.15) is 0 Å². The average Bonchev–Trinajstić information content (AvgIpc) is 3.43. The highest BCUT2D eigenvalue weighted by Crippen LogP contribution is 2.34. The van der Waals surface area contributed by atoms with Crippen molar-refractivity contribution < 1.29 is 14.3 Å². The molecule has 29 heavy (non-hydrogen) atoms. The highest BCUT2D eigenvalue weighted by molar-refractivity contribution is 7.99. The molecule has 1 aliphatic rings. The second-order valence-electron chi connectivity index (χ2n) is 6.35. The highest BCUT2D eigenvalue weighted by atomic mass is 32.2. The highest BCUT2D eigenvalue weighted by Gasteiger charge is 2.17. The zero-order chi connectivity index (χ0) is 19.8. The normalized spacial score (nSPS) is 12.4. The van der Waals surface area contributed by atoms with E-state index >= 15 is 0 Å². The molecule has 4 aromatic rings. The van der Waals surface area contributed by atoms with Gasteiger partial charge < -0.3 is 25.6 Å². The van der Waals surface area contributed by atoms with Crippen LogP contribution < -0.4 is 20.6 Å². The smallest absolute Gasteiger partial charge is 0.234 e. The van der Waals surface area contributed by atoms with Crippen LogP contribution in [0.5, 0.6) is 11.5 Å². The molecule has 0 spiro atoms. The number of amides is 1. The first-order valence-corrected chi connectivity index (χ1v) is 9.77. The monoisotopic (exact) mass is 408 g/mol. The predicted molar refractivity (Wildman–Crippen MR) is 109 cm³/mol. The number of thioether (sulfide) groups is 1. The summed E-state index contributed by atoms with van der Waals surface area (Å²) in [4.78, 5) is 15.6. The van der Waals surface area contributed by atoms with Gasteiger partial charge in [-0.3, -0.25) is 4.79 Å². The predicted octanol–water partition coefficient (Wildman–Crippen LogP) is 2.60. The van der Waals surface area contributed by atoms with E-state index in [0.717, 1.165) is 16.6 Å². The standard InChI is InChI=1S/C19H16N6O3S/c20-25-18(14-7-11-3-1-2-4-13(11)22-14)23-24-19(25)29-9-17(26)21-12-5-6-15-16(8-12)28-10-27-15/h1-8,22H,9-10,20H2,(H,21,26). The number of H-pyrrole nitrogens is 1. The Balaban J connectivity index is 1.26. The van der Waals surface area contributed by atoms with Crippen molar-refractivity contribution >= 4 is 34.3 Å². The minimum absolute atomic E-state index is 0.135. The maximum absolute atomic E-state index is 12.3. The largest absolute Gasteiger partial charge is 0.454 e. The molecular formula is C19H16N6O3S. The molecule has 0 atom stereocenters. The summed E-state index contributed by atoms with van der Waals surface area (Å²) < 4.78 is 12.0. The van der Waals surface area contributed by atoms with Crippen LogP contribution in [0.1, 0.15) is 0 Å². The number of nitrogen functional groups attached to an aromatic ring is 1. The molecule has 2 aromatic heterocycles. The Kier molecular flexibility index (Phi) is 4.24. The molecule has 3 heterocycles. The van der Waals surface area contributed by atoms with Gasteiger partial charge in [0, 0.05) is 22.7 Å². The van der Waals surface area contributed by atoms with Crippen molar-refractivity contribution in [2.45, 2.75) is 5.16 Å². The minimum atomic E-state index is -0.191. The Hall–Kier alpha value is -3.66. The molecule has 9 nitrogen and oxygen atoms in total. The van der Waals surface area contributed by atoms with Gasteiger partial charge in [0.2, 0.25) is 17.9 Å². The summed E-state index contributed by atoms with van der Waals surface area (Å²) in [5, 5.41) is 12.6. The summed E-state index contributed by atoms with van der Waals surface area (Å²) in [6.45, 7) is 0.188. The van der Waals surface area contributed by atoms with Crippen LogP contribution in [0.2, 0.25) is 0 Å². The van der Waals surface area contributed by atoms with Crippen LogP contribution in [0.3, 0.4) is 0 Å². The topological polar surface area (TPSA) is 120 Å². The number of rotatable bonds is 5. The number of aromatic amines is 1. The van der Waals surface area contributed by atoms with Crippen molar-refractivity contribution in [1.82, 2.24) is 19.9 Å². The van der Waals surface area contributed by atoms with Crippen molar-refractivity contribution in [3.8, 4) is 23.0 Å². The number of anilines is 1. The van der Waals surface area contributed by atoms with Gasteiger partial charge in [-0.1, -0.05) is 30.0 Å². The first kappa shape index (κ1) is 17.4. The number of para-hydroxylation sites is 1. The third-order valence-corrected chi connectivity index (χ3v) is 5.37. The average molecular weight is 408 g/mol. The number of nitrogens with zero attached hydrogens (tertiary/aromatic N) is 3. The van der Waals surface area contributed by atoms with Crippen molar-refractivity contribution in [3.05, 3.63) is 48.5 Å². The molecule has 0 bridgehead atoms. The molecule has 2 aromatic carbocycles. The van der Waals surface area contributed by atoms with E-state index in [1.165, 1.54) is 16.4 Å². The maximum atomic E-state index is 12.3. The maximum Gasteiger partial charge on any atom is 0.234 e. The first-order valence-electron chi connectivity index (χ1n) is 8.78. The molecule has 1 aliphatic heterocycles. The Morgan fingerprint density at radius 2 is 2.03 bits per heavy atom. The molecule has 0 radical (unpaired) electrons. The van der Waals surface area contributed by atoms with Crippen molar-refractivity contribution in [3.63, 3.8) is 0 Å². The van der Waals surface area contributed by atoms with E-state index in [9.17, 15) is 4.79 Å². The van der Waals surface area contributed by atoms with Gasteiger partial charge in [-0.05, 0) is 24.3 Å². The minimum Gasteiger partial charge on any atom is -0.454 e. The van der Waals surface area contributed by atoms with Crippen LogP contribution >= 0.6 is 11.8 Å². The third-order valence-electron chi connectivity index (χ3n) is 4.42. The first-order chi connectivity index (χ1) is 14.2. The van der Waals surface area contributed by atoms with Gasteiger partial charge in [-0.2, -0.15) is 0 Å². The summed E-state index contributed by atoms with van der Waals surface area (Å²) in [6, 6.07) is 15.1. The second kappa shape index (κ2) is 7.06. The van der Waals surface area contributed by atoms with E-state index in [1.54, 1.807) is 18.2 Å². The molecule has 1 amide bonds. The Bertz CT molecular complexity index is 1180. The lowest BCUT2D eigenvalue weighted by molar-refractivity contribution is -0.113. The number of carbonyl (C=O) groups is 1. The van der Waals surface area contributed by atoms with Crippen molar-refractivity contribution in [2.24, 2.45) is 0 Å². The van der Waals surface area contributed by atoms with Gasteiger partial charge in [0.25, 0.3) is 0 Å². The Labute approximate surface area is 169 Å². The fraction of sp³-hybridized carbons (Fsp3) is 0.105. The van der Waals surface area contributed by atoms with Crippen molar-refractivity contribution in [1.29, 1.82) is 0 Å². The zero-order valence-corrected chi connectivity index (χ0v) is 15.9. The van der Waals surface area contributed by atoms with Gasteiger partial charge in [0.15, 0.2) is 17.3 Å². The number of fused-ring (bicyclic) bond motifs is 2. The Morgan fingerprint density at radius 1 is 1.17 bits per heavy atom. The number of aromatic nitrogens is 4. The fourth-order valence-electron chi connectivity index (χ4n) is 3.05. The van der Waals surface area contributed by atoms with E-state index in [4.69, 9.17) is 15.3 Å². The van der Waals surface area contributed by atoms with Crippen LogP contribution in [-0.4, -0.2) is 38.3 Å². The van der Waals surface area contributed by atoms with Crippen LogP contribution in [0.25, 0.3) is 22.4 Å². The van der Waals surface area contributed by atoms with Crippen molar-refractivity contribution in [2.75, 3.05) is 23.7 Å². The molecule has 0 saturated heterocycles. The number of carbonyl (C=O) groups excluding carboxylic acids is 1. The van der Waals surface area contributed by atoms with E-state index in [2.05, 4.69) is 20.5 Å². The second-order valence-corrected chi connectivity index (χ2v) is 7.29. The molecule has 4 N–H and O–H groups in total. The molecule has 10 heteroatoms. The number of hydrogen-bond acceptors (Lipinski definition) is 7. The van der Waals surface area contributed by atoms with E-state index in [-0.39, 0.29) is 18.5 Å². The third kappa shape index (κ3) is 3.34. The fourth-order valence-corrected chi connectivity index (χ4v) is 3.71. The number of ether oxygens (including phenoxy) is 2. The molecular weight excluding hydrogens is 392 g/mol. The molecule has 0 saturated carbocycles. The van der Waals surface area contributed by atoms with Gasteiger partial charge in [-0.25, -0.2) is 4.68 Å². The van der Waals surface area contributed by atoms with E-state index in [1.807, 2.05) is 30.3 Å². The van der Waals surface area contributed by atoms with Crippen LogP contribution in [0, 0.1) is 0 Å². The molecule has 146 valence electrons. The lowest BCUT2D eigenvalue weighted by Crippen LogP contribution is -2.16. The molecule has 0 aliphatic carbocycles. The van der Waals surface area contributed by atoms with Gasteiger partial charge >= 0.3 is 0 Å². The van der Waals surface area contributed by atoms with Gasteiger partial charge in [-0.15, -0.1) is 10.2 Å². The number of nitrogens with one attached hydrogen (secondary N) is 2. The lowest BCUT2D eigenvalue weighted by atomic mass is 10.2. The zero-order valence-electron chi connectivity index (χ0n) is 15.1. The summed E-state index contributed by atoms with van der Waals surface area (Å²) >= 11 is 1.20. The van der Waals surface area contributed by atoms with E-state index < -0.39 is 0 Å². The summed E-state index contributed by atoms with van der Waals surface area (Å²) in [5.41, 5.74) is 2.38. The number of hydrogen-bond donors (Lipinski definition) is 3. The van der Waals surface area contributed by atoms with E-state index in [0.29, 0.717) is 28.2 Å². The molecule has 0 unspecified atom stereocenters. The van der Waals surface area contributed by atoms with Crippen LogP contribution in [-0.2, 0) is 4.79 Å². The summed E-state index contributed by atoms with van der Waals surface area (Å²) in [6.07, 6.45) is 0. The quantitative estimate of drug-likeness (QED) is 0.343. The summed E-state index contributed by atoms with van der Waals surface area (Å²) in [7, 11) is 0. The lowest BCUT2D eigenvalue weighted by Gasteiger charge is -2.06. The molecule has 0 fully saturated rings. The van der Waals surface area contributed by atoms with Crippen LogP contribution in [0.15, 0.2) is 53.7 Å². The molecule has 5 rings (SSSR count). The number of nitrogens with two attached hydrogens (primary N) is 1. The van der Waals surface area contributed by atoms with Gasteiger partial charge in [0.05, 0.1) is 11.4 Å². The SMILES string of the molecule is Nn1c(SCC(=O)Nc2ccc3c(c2)OCO3)nnc1-c1cc2ccccc2[nH]1. The number of benzene rings is 2.